The fraction of sp³-hybridized carbons (Fsp3) is 0.467. The third kappa shape index (κ3) is 2.95. The van der Waals surface area contributed by atoms with Crippen LogP contribution in [0.5, 0.6) is 0 Å². The standard InChI is InChI=1S/C15H20N2O2/c1-10(2)8-14(18)17-9-12-6-4-5-7-13(12)16-15(19)11(17)3/h4-7,10-11H,8-9H2,1-3H3,(H,16,19). The number of para-hydroxylation sites is 1. The van der Waals surface area contributed by atoms with Crippen LogP contribution in [0.4, 0.5) is 5.69 Å². The Bertz CT molecular complexity index is 497. The predicted octanol–water partition coefficient (Wildman–Crippen LogP) is 2.40. The highest BCUT2D eigenvalue weighted by Crippen LogP contribution is 2.23. The van der Waals surface area contributed by atoms with Crippen LogP contribution < -0.4 is 5.32 Å². The van der Waals surface area contributed by atoms with E-state index >= 15 is 0 Å². The zero-order valence-electron chi connectivity index (χ0n) is 11.6. The molecular weight excluding hydrogens is 240 g/mol. The molecule has 1 N–H and O–H groups in total. The summed E-state index contributed by atoms with van der Waals surface area (Å²) in [4.78, 5) is 26.0. The average Bonchev–Trinajstić information content (AvgIpc) is 2.47. The minimum atomic E-state index is -0.432. The van der Waals surface area contributed by atoms with E-state index in [-0.39, 0.29) is 11.8 Å². The summed E-state index contributed by atoms with van der Waals surface area (Å²) in [6.45, 7) is 6.28. The fourth-order valence-corrected chi connectivity index (χ4v) is 2.25. The van der Waals surface area contributed by atoms with Crippen LogP contribution in [-0.2, 0) is 16.1 Å². The van der Waals surface area contributed by atoms with E-state index in [2.05, 4.69) is 5.32 Å². The predicted molar refractivity (Wildman–Crippen MR) is 74.5 cm³/mol. The highest BCUT2D eigenvalue weighted by atomic mass is 16.2. The molecule has 1 atom stereocenters. The molecule has 0 saturated carbocycles. The molecule has 0 radical (unpaired) electrons. The quantitative estimate of drug-likeness (QED) is 0.887. The van der Waals surface area contributed by atoms with Gasteiger partial charge in [0, 0.05) is 18.7 Å². The number of carbonyl (C=O) groups is 2. The Hall–Kier alpha value is -1.84. The van der Waals surface area contributed by atoms with Gasteiger partial charge in [-0.3, -0.25) is 9.59 Å². The fourth-order valence-electron chi connectivity index (χ4n) is 2.25. The summed E-state index contributed by atoms with van der Waals surface area (Å²) in [6, 6.07) is 7.19. The first kappa shape index (κ1) is 13.6. The molecule has 0 spiro atoms. The molecule has 102 valence electrons. The molecule has 19 heavy (non-hydrogen) atoms. The van der Waals surface area contributed by atoms with Gasteiger partial charge < -0.3 is 10.2 Å². The summed E-state index contributed by atoms with van der Waals surface area (Å²) in [6.07, 6.45) is 0.472. The van der Waals surface area contributed by atoms with Gasteiger partial charge in [0.1, 0.15) is 6.04 Å². The second-order valence-corrected chi connectivity index (χ2v) is 5.44. The van der Waals surface area contributed by atoms with Crippen LogP contribution in [0.3, 0.4) is 0 Å². The summed E-state index contributed by atoms with van der Waals surface area (Å²) < 4.78 is 0. The lowest BCUT2D eigenvalue weighted by atomic mass is 10.1. The van der Waals surface area contributed by atoms with Gasteiger partial charge in [-0.1, -0.05) is 32.0 Å². The van der Waals surface area contributed by atoms with Gasteiger partial charge in [0.2, 0.25) is 11.8 Å². The van der Waals surface area contributed by atoms with Gasteiger partial charge in [-0.15, -0.1) is 0 Å². The van der Waals surface area contributed by atoms with Crippen molar-refractivity contribution >= 4 is 17.5 Å². The van der Waals surface area contributed by atoms with Crippen molar-refractivity contribution in [1.29, 1.82) is 0 Å². The summed E-state index contributed by atoms with van der Waals surface area (Å²) in [7, 11) is 0. The van der Waals surface area contributed by atoms with Crippen molar-refractivity contribution in [3.8, 4) is 0 Å². The second-order valence-electron chi connectivity index (χ2n) is 5.44. The van der Waals surface area contributed by atoms with Crippen LogP contribution in [0.15, 0.2) is 24.3 Å². The van der Waals surface area contributed by atoms with E-state index in [0.717, 1.165) is 11.3 Å². The zero-order chi connectivity index (χ0) is 14.0. The van der Waals surface area contributed by atoms with Crippen molar-refractivity contribution < 1.29 is 9.59 Å². The molecule has 1 aromatic rings. The van der Waals surface area contributed by atoms with Crippen molar-refractivity contribution in [3.63, 3.8) is 0 Å². The highest BCUT2D eigenvalue weighted by molar-refractivity contribution is 5.98. The number of amides is 2. The molecule has 2 amide bonds. The summed E-state index contributed by atoms with van der Waals surface area (Å²) in [5.41, 5.74) is 1.79. The largest absolute Gasteiger partial charge is 0.327 e. The molecule has 1 unspecified atom stereocenters. The Labute approximate surface area is 113 Å². The number of anilines is 1. The Morgan fingerprint density at radius 1 is 1.42 bits per heavy atom. The number of rotatable bonds is 2. The van der Waals surface area contributed by atoms with Crippen molar-refractivity contribution in [2.24, 2.45) is 5.92 Å². The number of nitrogens with zero attached hydrogens (tertiary/aromatic N) is 1. The molecule has 1 aliphatic heterocycles. The molecule has 0 fully saturated rings. The van der Waals surface area contributed by atoms with Gasteiger partial charge in [-0.05, 0) is 24.5 Å². The van der Waals surface area contributed by atoms with Crippen molar-refractivity contribution in [2.75, 3.05) is 5.32 Å². The number of benzene rings is 1. The van der Waals surface area contributed by atoms with Gasteiger partial charge in [0.05, 0.1) is 0 Å². The molecule has 0 aliphatic carbocycles. The van der Waals surface area contributed by atoms with Crippen LogP contribution >= 0.6 is 0 Å². The first-order valence-electron chi connectivity index (χ1n) is 6.67. The molecular formula is C15H20N2O2. The smallest absolute Gasteiger partial charge is 0.246 e. The van der Waals surface area contributed by atoms with Gasteiger partial charge in [-0.25, -0.2) is 0 Å². The van der Waals surface area contributed by atoms with E-state index in [1.165, 1.54) is 0 Å². The second kappa shape index (κ2) is 5.43. The van der Waals surface area contributed by atoms with Crippen molar-refractivity contribution in [3.05, 3.63) is 29.8 Å². The molecule has 2 rings (SSSR count). The van der Waals surface area contributed by atoms with Crippen LogP contribution in [0, 0.1) is 5.92 Å². The van der Waals surface area contributed by atoms with Gasteiger partial charge in [0.15, 0.2) is 0 Å². The van der Waals surface area contributed by atoms with E-state index in [9.17, 15) is 9.59 Å². The van der Waals surface area contributed by atoms with E-state index in [1.54, 1.807) is 11.8 Å². The van der Waals surface area contributed by atoms with Crippen LogP contribution in [0.1, 0.15) is 32.8 Å². The zero-order valence-corrected chi connectivity index (χ0v) is 11.6. The van der Waals surface area contributed by atoms with E-state index in [1.807, 2.05) is 38.1 Å². The SMILES string of the molecule is CC(C)CC(=O)N1Cc2ccccc2NC(=O)C1C. The topological polar surface area (TPSA) is 49.4 Å². The van der Waals surface area contributed by atoms with Crippen LogP contribution in [-0.4, -0.2) is 22.8 Å². The first-order chi connectivity index (χ1) is 8.99. The van der Waals surface area contributed by atoms with Gasteiger partial charge in [0.25, 0.3) is 0 Å². The molecule has 0 saturated heterocycles. The molecule has 4 nitrogen and oxygen atoms in total. The van der Waals surface area contributed by atoms with E-state index in [4.69, 9.17) is 0 Å². The molecule has 1 heterocycles. The third-order valence-corrected chi connectivity index (χ3v) is 3.37. The molecule has 0 aromatic heterocycles. The number of carbonyl (C=O) groups excluding carboxylic acids is 2. The molecule has 4 heteroatoms. The maximum Gasteiger partial charge on any atom is 0.246 e. The van der Waals surface area contributed by atoms with Crippen molar-refractivity contribution in [2.45, 2.75) is 39.8 Å². The molecule has 1 aliphatic rings. The maximum atomic E-state index is 12.3. The Balaban J connectivity index is 2.29. The van der Waals surface area contributed by atoms with Crippen LogP contribution in [0.25, 0.3) is 0 Å². The monoisotopic (exact) mass is 260 g/mol. The van der Waals surface area contributed by atoms with Gasteiger partial charge in [-0.2, -0.15) is 0 Å². The number of hydrogen-bond donors (Lipinski definition) is 1. The minimum absolute atomic E-state index is 0.0364. The summed E-state index contributed by atoms with van der Waals surface area (Å²) in [5, 5.41) is 2.88. The summed E-state index contributed by atoms with van der Waals surface area (Å²) in [5.74, 6) is 0.206. The van der Waals surface area contributed by atoms with Crippen LogP contribution in [0.2, 0.25) is 0 Å². The summed E-state index contributed by atoms with van der Waals surface area (Å²) >= 11 is 0. The molecule has 0 bridgehead atoms. The maximum absolute atomic E-state index is 12.3. The lowest BCUT2D eigenvalue weighted by Crippen LogP contribution is -2.43. The van der Waals surface area contributed by atoms with Gasteiger partial charge >= 0.3 is 0 Å². The third-order valence-electron chi connectivity index (χ3n) is 3.37. The van der Waals surface area contributed by atoms with Crippen molar-refractivity contribution in [1.82, 2.24) is 4.90 Å². The first-order valence-corrected chi connectivity index (χ1v) is 6.67. The Morgan fingerprint density at radius 3 is 2.79 bits per heavy atom. The highest BCUT2D eigenvalue weighted by Gasteiger charge is 2.29. The minimum Gasteiger partial charge on any atom is -0.327 e. The average molecular weight is 260 g/mol. The Morgan fingerprint density at radius 2 is 2.11 bits per heavy atom. The lowest BCUT2D eigenvalue weighted by molar-refractivity contribution is -0.139. The Kier molecular flexibility index (Phi) is 3.88. The normalized spacial score (nSPS) is 18.8. The van der Waals surface area contributed by atoms with E-state index in [0.29, 0.717) is 18.9 Å². The van der Waals surface area contributed by atoms with E-state index < -0.39 is 6.04 Å². The number of nitrogens with one attached hydrogen (secondary N) is 1. The molecule has 1 aromatic carbocycles. The number of fused-ring (bicyclic) bond motifs is 1. The number of hydrogen-bond acceptors (Lipinski definition) is 2. The lowest BCUT2D eigenvalue weighted by Gasteiger charge is -2.26.